The van der Waals surface area contributed by atoms with Crippen LogP contribution in [0.5, 0.6) is 0 Å². The summed E-state index contributed by atoms with van der Waals surface area (Å²) in [5.74, 6) is -0.341. The maximum absolute atomic E-state index is 14.1. The van der Waals surface area contributed by atoms with Gasteiger partial charge in [0.1, 0.15) is 5.82 Å². The van der Waals surface area contributed by atoms with Crippen molar-refractivity contribution in [1.29, 1.82) is 0 Å². The quantitative estimate of drug-likeness (QED) is 0.805. The lowest BCUT2D eigenvalue weighted by atomic mass is 10.1. The average molecular weight is 334 g/mol. The fraction of sp³-hybridized carbons (Fsp3) is 0.529. The largest absolute Gasteiger partial charge is 0.415 e. The average Bonchev–Trinajstić information content (AvgIpc) is 2.84. The number of halogens is 1. The Hall–Kier alpha value is -1.53. The Morgan fingerprint density at radius 3 is 2.74 bits per heavy atom. The Balaban J connectivity index is 1.97. The van der Waals surface area contributed by atoms with Crippen molar-refractivity contribution >= 4 is 19.4 Å². The van der Waals surface area contributed by atoms with Crippen molar-refractivity contribution in [3.63, 3.8) is 0 Å². The van der Waals surface area contributed by atoms with E-state index in [0.717, 1.165) is 0 Å². The van der Waals surface area contributed by atoms with E-state index in [4.69, 9.17) is 4.43 Å². The monoisotopic (exact) mass is 334 g/mol. The van der Waals surface area contributed by atoms with Gasteiger partial charge in [0, 0.05) is 18.1 Å². The molecule has 124 valence electrons. The van der Waals surface area contributed by atoms with Crippen molar-refractivity contribution in [2.75, 3.05) is 6.61 Å². The van der Waals surface area contributed by atoms with E-state index in [0.29, 0.717) is 29.6 Å². The summed E-state index contributed by atoms with van der Waals surface area (Å²) >= 11 is 0. The van der Waals surface area contributed by atoms with E-state index in [-0.39, 0.29) is 22.5 Å². The number of nitrogens with zero attached hydrogens (tertiary/aromatic N) is 2. The molecule has 3 rings (SSSR count). The summed E-state index contributed by atoms with van der Waals surface area (Å²) in [7, 11) is -1.91. The molecule has 3 heterocycles. The molecule has 0 spiro atoms. The van der Waals surface area contributed by atoms with Crippen LogP contribution >= 0.6 is 0 Å². The van der Waals surface area contributed by atoms with Crippen molar-refractivity contribution in [3.8, 4) is 0 Å². The van der Waals surface area contributed by atoms with Crippen molar-refractivity contribution in [2.45, 2.75) is 51.4 Å². The van der Waals surface area contributed by atoms with E-state index in [1.807, 2.05) is 0 Å². The lowest BCUT2D eigenvalue weighted by molar-refractivity contribution is 0.233. The lowest BCUT2D eigenvalue weighted by Gasteiger charge is -2.37. The number of pyridine rings is 2. The molecule has 1 atom stereocenters. The van der Waals surface area contributed by atoms with E-state index in [1.165, 1.54) is 12.3 Å². The maximum Gasteiger partial charge on any atom is 0.251 e. The third kappa shape index (κ3) is 2.64. The second kappa shape index (κ2) is 5.24. The fourth-order valence-corrected chi connectivity index (χ4v) is 3.84. The molecule has 4 nitrogen and oxygen atoms in total. The molecule has 0 fully saturated rings. The molecular weight excluding hydrogens is 311 g/mol. The summed E-state index contributed by atoms with van der Waals surface area (Å²) < 4.78 is 22.0. The minimum Gasteiger partial charge on any atom is -0.415 e. The molecule has 2 aromatic rings. The van der Waals surface area contributed by atoms with Gasteiger partial charge in [0.15, 0.2) is 8.32 Å². The zero-order chi connectivity index (χ0) is 17.0. The van der Waals surface area contributed by atoms with Gasteiger partial charge < -0.3 is 8.99 Å². The molecule has 6 heteroatoms. The van der Waals surface area contributed by atoms with Gasteiger partial charge in [-0.25, -0.2) is 4.39 Å². The summed E-state index contributed by atoms with van der Waals surface area (Å²) in [6, 6.07) is 3.00. The van der Waals surface area contributed by atoms with Gasteiger partial charge in [-0.1, -0.05) is 20.8 Å². The molecule has 1 unspecified atom stereocenters. The highest BCUT2D eigenvalue weighted by Crippen LogP contribution is 2.38. The molecular formula is C17H23FN2O2Si. The van der Waals surface area contributed by atoms with E-state index < -0.39 is 8.32 Å². The zero-order valence-corrected chi connectivity index (χ0v) is 15.3. The van der Waals surface area contributed by atoms with Crippen molar-refractivity contribution in [3.05, 3.63) is 40.1 Å². The van der Waals surface area contributed by atoms with Crippen molar-refractivity contribution in [1.82, 2.24) is 9.55 Å². The first-order chi connectivity index (χ1) is 10.6. The first kappa shape index (κ1) is 16.3. The van der Waals surface area contributed by atoms with Crippen LogP contribution in [0.25, 0.3) is 11.0 Å². The van der Waals surface area contributed by atoms with Gasteiger partial charge in [-0.3, -0.25) is 9.78 Å². The molecule has 0 bridgehead atoms. The van der Waals surface area contributed by atoms with E-state index >= 15 is 0 Å². The highest BCUT2D eigenvalue weighted by Gasteiger charge is 2.38. The Morgan fingerprint density at radius 2 is 2.09 bits per heavy atom. The third-order valence-corrected chi connectivity index (χ3v) is 9.74. The van der Waals surface area contributed by atoms with Crippen LogP contribution in [0.4, 0.5) is 4.39 Å². The van der Waals surface area contributed by atoms with Gasteiger partial charge in [-0.2, -0.15) is 0 Å². The molecule has 2 aromatic heterocycles. The second-order valence-corrected chi connectivity index (χ2v) is 12.6. The predicted molar refractivity (Wildman–Crippen MR) is 91.9 cm³/mol. The van der Waals surface area contributed by atoms with Crippen LogP contribution in [-0.2, 0) is 10.8 Å². The number of hydrogen-bond acceptors (Lipinski definition) is 3. The Kier molecular flexibility index (Phi) is 3.72. The standard InChI is InChI=1S/C17H23FN2O2Si/c1-17(2,3)23(4,5)22-10-11-8-12-13(18)9-19-14-6-7-15(21)20(11)16(12)14/h6-7,9,11H,8,10H2,1-5H3. The summed E-state index contributed by atoms with van der Waals surface area (Å²) in [4.78, 5) is 16.4. The fourth-order valence-electron chi connectivity index (χ4n) is 2.80. The minimum atomic E-state index is -1.91. The second-order valence-electron chi connectivity index (χ2n) is 7.79. The molecule has 0 amide bonds. The normalized spacial score (nSPS) is 17.9. The van der Waals surface area contributed by atoms with Crippen molar-refractivity contribution < 1.29 is 8.82 Å². The van der Waals surface area contributed by atoms with Gasteiger partial charge in [-0.05, 0) is 24.2 Å². The highest BCUT2D eigenvalue weighted by atomic mass is 28.4. The molecule has 1 aliphatic rings. The molecule has 0 N–H and O–H groups in total. The minimum absolute atomic E-state index is 0.0994. The maximum atomic E-state index is 14.1. The van der Waals surface area contributed by atoms with Gasteiger partial charge >= 0.3 is 0 Å². The predicted octanol–water partition coefficient (Wildman–Crippen LogP) is 3.65. The van der Waals surface area contributed by atoms with Gasteiger partial charge in [0.2, 0.25) is 0 Å². The Bertz CT molecular complexity index is 824. The number of rotatable bonds is 3. The summed E-state index contributed by atoms with van der Waals surface area (Å²) in [6.07, 6.45) is 1.72. The Morgan fingerprint density at radius 1 is 1.39 bits per heavy atom. The first-order valence-corrected chi connectivity index (χ1v) is 10.9. The molecule has 0 radical (unpaired) electrons. The van der Waals surface area contributed by atoms with E-state index in [9.17, 15) is 9.18 Å². The molecule has 23 heavy (non-hydrogen) atoms. The van der Waals surface area contributed by atoms with Crippen LogP contribution in [0, 0.1) is 5.82 Å². The van der Waals surface area contributed by atoms with Crippen LogP contribution in [-0.4, -0.2) is 24.5 Å². The highest BCUT2D eigenvalue weighted by molar-refractivity contribution is 6.74. The molecule has 0 saturated heterocycles. The SMILES string of the molecule is CC(C)(C)[Si](C)(C)OCC1Cc2c(F)cnc3ccc(=O)n1c23. The van der Waals surface area contributed by atoms with Gasteiger partial charge in [0.25, 0.3) is 5.56 Å². The van der Waals surface area contributed by atoms with Gasteiger partial charge in [0.05, 0.1) is 29.9 Å². The van der Waals surface area contributed by atoms with Crippen molar-refractivity contribution in [2.24, 2.45) is 0 Å². The first-order valence-electron chi connectivity index (χ1n) is 7.94. The van der Waals surface area contributed by atoms with Crippen LogP contribution in [0.2, 0.25) is 18.1 Å². The zero-order valence-electron chi connectivity index (χ0n) is 14.3. The molecule has 0 saturated carbocycles. The summed E-state index contributed by atoms with van der Waals surface area (Å²) in [5.41, 5.74) is 1.75. The smallest absolute Gasteiger partial charge is 0.251 e. The summed E-state index contributed by atoms with van der Waals surface area (Å²) in [6.45, 7) is 11.3. The number of aromatic nitrogens is 2. The van der Waals surface area contributed by atoms with E-state index in [2.05, 4.69) is 38.8 Å². The lowest BCUT2D eigenvalue weighted by Crippen LogP contribution is -2.42. The van der Waals surface area contributed by atoms with Crippen LogP contribution in [0.1, 0.15) is 32.4 Å². The van der Waals surface area contributed by atoms with Crippen LogP contribution < -0.4 is 5.56 Å². The van der Waals surface area contributed by atoms with E-state index in [1.54, 1.807) is 10.6 Å². The molecule has 0 aliphatic carbocycles. The number of hydrogen-bond donors (Lipinski definition) is 0. The summed E-state index contributed by atoms with van der Waals surface area (Å²) in [5, 5.41) is 0.0994. The topological polar surface area (TPSA) is 44.1 Å². The Labute approximate surface area is 136 Å². The third-order valence-electron chi connectivity index (χ3n) is 5.24. The van der Waals surface area contributed by atoms with Crippen LogP contribution in [0.3, 0.4) is 0 Å². The molecule has 1 aliphatic heterocycles. The van der Waals surface area contributed by atoms with Gasteiger partial charge in [-0.15, -0.1) is 0 Å². The molecule has 0 aromatic carbocycles. The van der Waals surface area contributed by atoms with Crippen LogP contribution in [0.15, 0.2) is 23.1 Å².